The first-order chi connectivity index (χ1) is 9.99. The van der Waals surface area contributed by atoms with Crippen molar-refractivity contribution in [3.8, 4) is 5.69 Å². The number of fused-ring (bicyclic) bond motifs is 1. The molecule has 2 aromatic heterocycles. The molecule has 3 rings (SSSR count). The zero-order chi connectivity index (χ0) is 15.1. The van der Waals surface area contributed by atoms with Crippen molar-refractivity contribution in [3.05, 3.63) is 52.5 Å². The van der Waals surface area contributed by atoms with E-state index in [0.29, 0.717) is 5.69 Å². The summed E-state index contributed by atoms with van der Waals surface area (Å²) >= 11 is 0. The number of hydrogen-bond acceptors (Lipinski definition) is 4. The average molecular weight is 288 g/mol. The third kappa shape index (κ3) is 1.97. The molecule has 0 aliphatic carbocycles. The Kier molecular flexibility index (Phi) is 2.79. The number of nitrogens with zero attached hydrogens (tertiary/aromatic N) is 4. The highest BCUT2D eigenvalue weighted by Gasteiger charge is 2.21. The van der Waals surface area contributed by atoms with Crippen molar-refractivity contribution < 1.29 is 14.3 Å². The van der Waals surface area contributed by atoms with Crippen molar-refractivity contribution in [2.24, 2.45) is 7.05 Å². The number of aryl methyl sites for hydroxylation is 1. The van der Waals surface area contributed by atoms with Gasteiger partial charge in [0.05, 0.1) is 12.0 Å². The summed E-state index contributed by atoms with van der Waals surface area (Å²) in [5, 5.41) is 13.1. The lowest BCUT2D eigenvalue weighted by Crippen LogP contribution is -2.19. The minimum absolute atomic E-state index is 0.00470. The van der Waals surface area contributed by atoms with E-state index in [0.717, 1.165) is 4.68 Å². The summed E-state index contributed by atoms with van der Waals surface area (Å²) in [6.07, 6.45) is 1.23. The molecule has 1 aromatic carbocycles. The molecule has 8 heteroatoms. The molecule has 1 N–H and O–H groups in total. The predicted octanol–water partition coefficient (Wildman–Crippen LogP) is 0.956. The van der Waals surface area contributed by atoms with E-state index < -0.39 is 17.3 Å². The number of carboxylic acids is 1. The van der Waals surface area contributed by atoms with Crippen molar-refractivity contribution in [2.75, 3.05) is 0 Å². The second-order valence-electron chi connectivity index (χ2n) is 4.40. The van der Waals surface area contributed by atoms with Crippen LogP contribution in [0.3, 0.4) is 0 Å². The Hall–Kier alpha value is -3.03. The molecule has 0 aliphatic rings. The highest BCUT2D eigenvalue weighted by Crippen LogP contribution is 2.17. The Balaban J connectivity index is 2.42. The number of halogens is 1. The first-order valence-electron chi connectivity index (χ1n) is 5.92. The molecule has 0 unspecified atom stereocenters. The van der Waals surface area contributed by atoms with Crippen LogP contribution in [0, 0.1) is 5.82 Å². The summed E-state index contributed by atoms with van der Waals surface area (Å²) in [4.78, 5) is 27.4. The van der Waals surface area contributed by atoms with E-state index in [1.54, 1.807) is 0 Å². The number of carbonyl (C=O) groups is 1. The highest BCUT2D eigenvalue weighted by atomic mass is 19.1. The fourth-order valence-corrected chi connectivity index (χ4v) is 2.00. The Labute approximate surface area is 116 Å². The second kappa shape index (κ2) is 4.51. The first-order valence-corrected chi connectivity index (χ1v) is 5.92. The summed E-state index contributed by atoms with van der Waals surface area (Å²) < 4.78 is 15.4. The lowest BCUT2D eigenvalue weighted by atomic mass is 10.3. The summed E-state index contributed by atoms with van der Waals surface area (Å²) in [7, 11) is 1.50. The number of rotatable bonds is 2. The van der Waals surface area contributed by atoms with E-state index in [1.807, 2.05) is 0 Å². The van der Waals surface area contributed by atoms with Gasteiger partial charge in [0.2, 0.25) is 0 Å². The molecule has 0 saturated carbocycles. The standard InChI is InChI=1S/C13H9FN4O3/c1-17-6-15-9-10(13(20)21)16-18(11(9)12(17)19)8-4-2-7(14)3-5-8/h2-6H,1H3,(H,20,21). The SMILES string of the molecule is Cn1cnc2c(C(=O)O)nn(-c3ccc(F)cc3)c2c1=O. The van der Waals surface area contributed by atoms with Gasteiger partial charge in [-0.2, -0.15) is 5.10 Å². The summed E-state index contributed by atoms with van der Waals surface area (Å²) in [5.74, 6) is -1.73. The largest absolute Gasteiger partial charge is 0.476 e. The van der Waals surface area contributed by atoms with Gasteiger partial charge < -0.3 is 9.67 Å². The van der Waals surface area contributed by atoms with Crippen LogP contribution in [-0.2, 0) is 7.05 Å². The average Bonchev–Trinajstić information content (AvgIpc) is 2.84. The maximum atomic E-state index is 13.0. The third-order valence-electron chi connectivity index (χ3n) is 3.02. The van der Waals surface area contributed by atoms with Crippen LogP contribution in [0.5, 0.6) is 0 Å². The van der Waals surface area contributed by atoms with Gasteiger partial charge in [-0.3, -0.25) is 4.79 Å². The fraction of sp³-hybridized carbons (Fsp3) is 0.0769. The minimum atomic E-state index is -1.29. The van der Waals surface area contributed by atoms with E-state index in [9.17, 15) is 14.0 Å². The molecule has 0 atom stereocenters. The lowest BCUT2D eigenvalue weighted by molar-refractivity contribution is 0.0692. The van der Waals surface area contributed by atoms with Crippen LogP contribution in [0.15, 0.2) is 35.4 Å². The van der Waals surface area contributed by atoms with Crippen molar-refractivity contribution in [1.82, 2.24) is 19.3 Å². The normalized spacial score (nSPS) is 11.0. The number of hydrogen-bond donors (Lipinski definition) is 1. The van der Waals surface area contributed by atoms with Crippen molar-refractivity contribution >= 4 is 17.0 Å². The van der Waals surface area contributed by atoms with Gasteiger partial charge in [-0.15, -0.1) is 0 Å². The quantitative estimate of drug-likeness (QED) is 0.758. The Morgan fingerprint density at radius 2 is 1.95 bits per heavy atom. The monoisotopic (exact) mass is 288 g/mol. The molecule has 0 amide bonds. The van der Waals surface area contributed by atoms with Crippen LogP contribution in [0.2, 0.25) is 0 Å². The molecule has 0 fully saturated rings. The van der Waals surface area contributed by atoms with E-state index in [1.165, 1.54) is 42.2 Å². The Bertz CT molecular complexity index is 912. The molecule has 0 aliphatic heterocycles. The zero-order valence-electron chi connectivity index (χ0n) is 10.8. The van der Waals surface area contributed by atoms with Crippen LogP contribution in [-0.4, -0.2) is 30.4 Å². The van der Waals surface area contributed by atoms with Crippen LogP contribution < -0.4 is 5.56 Å². The van der Waals surface area contributed by atoms with E-state index >= 15 is 0 Å². The molecule has 0 bridgehead atoms. The first kappa shape index (κ1) is 13.0. The molecule has 0 saturated heterocycles. The topological polar surface area (TPSA) is 90.0 Å². The van der Waals surface area contributed by atoms with Gasteiger partial charge >= 0.3 is 5.97 Å². The number of benzene rings is 1. The number of carboxylic acid groups (broad SMARTS) is 1. The van der Waals surface area contributed by atoms with Gasteiger partial charge in [-0.05, 0) is 24.3 Å². The maximum absolute atomic E-state index is 13.0. The summed E-state index contributed by atoms with van der Waals surface area (Å²) in [5.41, 5.74) is -0.366. The summed E-state index contributed by atoms with van der Waals surface area (Å²) in [6, 6.07) is 5.20. The Morgan fingerprint density at radius 3 is 2.57 bits per heavy atom. The zero-order valence-corrected chi connectivity index (χ0v) is 10.8. The van der Waals surface area contributed by atoms with E-state index in [-0.39, 0.29) is 16.7 Å². The van der Waals surface area contributed by atoms with Crippen LogP contribution in [0.4, 0.5) is 4.39 Å². The second-order valence-corrected chi connectivity index (χ2v) is 4.40. The van der Waals surface area contributed by atoms with Gasteiger partial charge in [-0.25, -0.2) is 18.9 Å². The van der Waals surface area contributed by atoms with E-state index in [4.69, 9.17) is 5.11 Å². The van der Waals surface area contributed by atoms with Crippen LogP contribution in [0.1, 0.15) is 10.5 Å². The molecule has 0 radical (unpaired) electrons. The highest BCUT2D eigenvalue weighted by molar-refractivity contribution is 5.99. The molecular formula is C13H9FN4O3. The minimum Gasteiger partial charge on any atom is -0.476 e. The van der Waals surface area contributed by atoms with Crippen LogP contribution in [0.25, 0.3) is 16.7 Å². The molecule has 7 nitrogen and oxygen atoms in total. The van der Waals surface area contributed by atoms with E-state index in [2.05, 4.69) is 10.1 Å². The van der Waals surface area contributed by atoms with Gasteiger partial charge in [0.15, 0.2) is 11.2 Å². The maximum Gasteiger partial charge on any atom is 0.358 e. The number of aromatic carboxylic acids is 1. The lowest BCUT2D eigenvalue weighted by Gasteiger charge is -2.03. The molecule has 3 aromatic rings. The third-order valence-corrected chi connectivity index (χ3v) is 3.02. The van der Waals surface area contributed by atoms with Crippen molar-refractivity contribution in [1.29, 1.82) is 0 Å². The fourth-order valence-electron chi connectivity index (χ4n) is 2.00. The van der Waals surface area contributed by atoms with Crippen LogP contribution >= 0.6 is 0 Å². The predicted molar refractivity (Wildman–Crippen MR) is 71.0 cm³/mol. The number of aromatic nitrogens is 4. The Morgan fingerprint density at radius 1 is 1.29 bits per heavy atom. The van der Waals surface area contributed by atoms with Crippen molar-refractivity contribution in [2.45, 2.75) is 0 Å². The smallest absolute Gasteiger partial charge is 0.358 e. The van der Waals surface area contributed by atoms with Gasteiger partial charge in [-0.1, -0.05) is 0 Å². The molecular weight excluding hydrogens is 279 g/mol. The molecule has 21 heavy (non-hydrogen) atoms. The summed E-state index contributed by atoms with van der Waals surface area (Å²) in [6.45, 7) is 0. The van der Waals surface area contributed by atoms with Gasteiger partial charge in [0, 0.05) is 7.05 Å². The molecule has 106 valence electrons. The van der Waals surface area contributed by atoms with Gasteiger partial charge in [0.1, 0.15) is 11.3 Å². The molecule has 0 spiro atoms. The van der Waals surface area contributed by atoms with Crippen molar-refractivity contribution in [3.63, 3.8) is 0 Å². The molecule has 2 heterocycles. The van der Waals surface area contributed by atoms with Gasteiger partial charge in [0.25, 0.3) is 5.56 Å².